The molecule has 2 N–H and O–H groups in total. The Hall–Kier alpha value is -2.49. The first-order valence-corrected chi connectivity index (χ1v) is 12.1. The molecule has 0 spiro atoms. The van der Waals surface area contributed by atoms with Crippen LogP contribution in [0.3, 0.4) is 0 Å². The number of rotatable bonds is 6. The quantitative estimate of drug-likeness (QED) is 0.354. The maximum absolute atomic E-state index is 13.3. The van der Waals surface area contributed by atoms with Gasteiger partial charge in [-0.2, -0.15) is 0 Å². The first-order valence-electron chi connectivity index (χ1n) is 12.1. The highest BCUT2D eigenvalue weighted by Crippen LogP contribution is 2.57. The molecule has 1 aromatic carbocycles. The lowest BCUT2D eigenvalue weighted by molar-refractivity contribution is 0.0158. The predicted molar refractivity (Wildman–Crippen MR) is 136 cm³/mol. The van der Waals surface area contributed by atoms with Crippen molar-refractivity contribution in [3.05, 3.63) is 69.8 Å². The first kappa shape index (κ1) is 23.7. The fraction of sp³-hybridized carbons (Fsp3) is 0.483. The summed E-state index contributed by atoms with van der Waals surface area (Å²) in [5.41, 5.74) is 18.8. The molecule has 0 saturated heterocycles. The summed E-state index contributed by atoms with van der Waals surface area (Å²) in [4.78, 5) is 4.51. The Bertz CT molecular complexity index is 1130. The molecule has 0 radical (unpaired) electrons. The van der Waals surface area contributed by atoms with Crippen LogP contribution in [0.2, 0.25) is 0 Å². The largest absolute Gasteiger partial charge is 0.398 e. The van der Waals surface area contributed by atoms with Crippen molar-refractivity contribution >= 4 is 17.0 Å². The van der Waals surface area contributed by atoms with E-state index in [1.54, 1.807) is 0 Å². The summed E-state index contributed by atoms with van der Waals surface area (Å²) in [7, 11) is 0. The van der Waals surface area contributed by atoms with Crippen LogP contribution in [0.4, 0.5) is 14.5 Å². The zero-order valence-electron chi connectivity index (χ0n) is 20.6. The zero-order valence-corrected chi connectivity index (χ0v) is 20.6. The van der Waals surface area contributed by atoms with Crippen LogP contribution in [0.15, 0.2) is 52.6 Å². The van der Waals surface area contributed by atoms with Gasteiger partial charge in [0.25, 0.3) is 0 Å². The molecule has 3 aliphatic rings. The van der Waals surface area contributed by atoms with Gasteiger partial charge in [-0.05, 0) is 97.4 Å². The second-order valence-electron chi connectivity index (χ2n) is 10.3. The Balaban J connectivity index is 1.81. The molecule has 3 aliphatic carbocycles. The lowest BCUT2D eigenvalue weighted by atomic mass is 9.56. The predicted octanol–water partition coefficient (Wildman–Crippen LogP) is 7.48. The van der Waals surface area contributed by atoms with Gasteiger partial charge in [0.05, 0.1) is 0 Å². The highest BCUT2D eigenvalue weighted by molar-refractivity contribution is 6.04. The SMILES string of the molecule is C=C(C)C1=CC2=C3C(=C)c4c(C)c(N)cc(C(C)=NCCC(C)(F)F)c4CC3CC(CC)C12. The molecule has 0 saturated carbocycles. The van der Waals surface area contributed by atoms with Crippen LogP contribution in [0.25, 0.3) is 5.57 Å². The minimum atomic E-state index is -2.71. The van der Waals surface area contributed by atoms with Crippen molar-refractivity contribution in [1.29, 1.82) is 0 Å². The molecule has 1 aromatic rings. The number of nitrogens with two attached hydrogens (primary N) is 1. The van der Waals surface area contributed by atoms with E-state index in [2.05, 4.69) is 45.0 Å². The third-order valence-corrected chi connectivity index (χ3v) is 7.88. The maximum Gasteiger partial charge on any atom is 0.247 e. The van der Waals surface area contributed by atoms with Gasteiger partial charge in [-0.3, -0.25) is 4.99 Å². The summed E-state index contributed by atoms with van der Waals surface area (Å²) < 4.78 is 26.6. The Labute approximate surface area is 197 Å². The molecule has 0 aliphatic heterocycles. The average molecular weight is 451 g/mol. The average Bonchev–Trinajstić information content (AvgIpc) is 2.69. The Kier molecular flexibility index (Phi) is 6.01. The molecule has 0 bridgehead atoms. The van der Waals surface area contributed by atoms with Crippen molar-refractivity contribution in [1.82, 2.24) is 0 Å². The van der Waals surface area contributed by atoms with Crippen LogP contribution >= 0.6 is 0 Å². The second kappa shape index (κ2) is 8.38. The molecule has 33 heavy (non-hydrogen) atoms. The number of aliphatic imine (C=N–C) groups is 1. The molecule has 176 valence electrons. The highest BCUT2D eigenvalue weighted by atomic mass is 19.3. The van der Waals surface area contributed by atoms with Crippen molar-refractivity contribution in [3.63, 3.8) is 0 Å². The molecular formula is C29H36F2N2. The number of benzene rings is 1. The summed E-state index contributed by atoms with van der Waals surface area (Å²) >= 11 is 0. The van der Waals surface area contributed by atoms with Crippen LogP contribution < -0.4 is 5.73 Å². The summed E-state index contributed by atoms with van der Waals surface area (Å²) in [6.07, 6.45) is 5.26. The summed E-state index contributed by atoms with van der Waals surface area (Å²) in [5.74, 6) is -1.22. The first-order chi connectivity index (χ1) is 15.4. The van der Waals surface area contributed by atoms with E-state index in [4.69, 9.17) is 5.73 Å². The number of allylic oxidation sites excluding steroid dienone is 6. The molecule has 3 atom stereocenters. The third kappa shape index (κ3) is 4.02. The summed E-state index contributed by atoms with van der Waals surface area (Å²) in [6.45, 7) is 18.2. The lowest BCUT2D eigenvalue weighted by Crippen LogP contribution is -2.37. The normalized spacial score (nSPS) is 24.6. The maximum atomic E-state index is 13.3. The summed E-state index contributed by atoms with van der Waals surface area (Å²) in [6, 6.07) is 1.98. The lowest BCUT2D eigenvalue weighted by Gasteiger charge is -2.48. The minimum Gasteiger partial charge on any atom is -0.398 e. The van der Waals surface area contributed by atoms with E-state index >= 15 is 0 Å². The Morgan fingerprint density at radius 1 is 1.30 bits per heavy atom. The number of hydrogen-bond donors (Lipinski definition) is 1. The Morgan fingerprint density at radius 3 is 2.61 bits per heavy atom. The number of hydrogen-bond acceptors (Lipinski definition) is 2. The van der Waals surface area contributed by atoms with Gasteiger partial charge in [-0.15, -0.1) is 0 Å². The number of fused-ring (bicyclic) bond motifs is 3. The number of nitrogen functional groups attached to an aromatic ring is 1. The van der Waals surface area contributed by atoms with Crippen LogP contribution in [0.1, 0.15) is 69.2 Å². The van der Waals surface area contributed by atoms with E-state index in [1.807, 2.05) is 13.0 Å². The van der Waals surface area contributed by atoms with E-state index < -0.39 is 5.92 Å². The Morgan fingerprint density at radius 2 is 2.00 bits per heavy atom. The van der Waals surface area contributed by atoms with Crippen molar-refractivity contribution < 1.29 is 8.78 Å². The van der Waals surface area contributed by atoms with Gasteiger partial charge < -0.3 is 5.73 Å². The summed E-state index contributed by atoms with van der Waals surface area (Å²) in [5, 5.41) is 0. The fourth-order valence-electron chi connectivity index (χ4n) is 6.11. The number of halogens is 2. The second-order valence-corrected chi connectivity index (χ2v) is 10.3. The van der Waals surface area contributed by atoms with Gasteiger partial charge in [-0.1, -0.05) is 38.2 Å². The smallest absolute Gasteiger partial charge is 0.247 e. The third-order valence-electron chi connectivity index (χ3n) is 7.88. The van der Waals surface area contributed by atoms with Gasteiger partial charge in [0.2, 0.25) is 5.92 Å². The van der Waals surface area contributed by atoms with Crippen molar-refractivity contribution in [2.24, 2.45) is 22.7 Å². The van der Waals surface area contributed by atoms with Crippen LogP contribution in [0, 0.1) is 24.7 Å². The van der Waals surface area contributed by atoms with E-state index in [0.29, 0.717) is 23.4 Å². The van der Waals surface area contributed by atoms with Crippen LogP contribution in [-0.2, 0) is 6.42 Å². The van der Waals surface area contributed by atoms with Crippen molar-refractivity contribution in [3.8, 4) is 0 Å². The van der Waals surface area contributed by atoms with E-state index in [1.165, 1.54) is 22.3 Å². The van der Waals surface area contributed by atoms with Gasteiger partial charge in [0, 0.05) is 35.8 Å². The number of anilines is 1. The van der Waals surface area contributed by atoms with Crippen molar-refractivity contribution in [2.45, 2.75) is 66.2 Å². The molecule has 0 fully saturated rings. The van der Waals surface area contributed by atoms with Gasteiger partial charge in [-0.25, -0.2) is 8.78 Å². The van der Waals surface area contributed by atoms with Gasteiger partial charge in [0.15, 0.2) is 0 Å². The molecule has 0 amide bonds. The van der Waals surface area contributed by atoms with E-state index in [9.17, 15) is 8.78 Å². The van der Waals surface area contributed by atoms with E-state index in [-0.39, 0.29) is 13.0 Å². The highest BCUT2D eigenvalue weighted by Gasteiger charge is 2.45. The van der Waals surface area contributed by atoms with E-state index in [0.717, 1.165) is 59.7 Å². The molecule has 0 heterocycles. The monoisotopic (exact) mass is 450 g/mol. The molecule has 0 aromatic heterocycles. The van der Waals surface area contributed by atoms with Gasteiger partial charge in [0.1, 0.15) is 0 Å². The number of nitrogens with zero attached hydrogens (tertiary/aromatic N) is 1. The number of alkyl halides is 2. The molecular weight excluding hydrogens is 414 g/mol. The van der Waals surface area contributed by atoms with Crippen molar-refractivity contribution in [2.75, 3.05) is 12.3 Å². The molecule has 4 heteroatoms. The van der Waals surface area contributed by atoms with Gasteiger partial charge >= 0.3 is 0 Å². The minimum absolute atomic E-state index is 0.103. The topological polar surface area (TPSA) is 38.4 Å². The molecule has 2 nitrogen and oxygen atoms in total. The van der Waals surface area contributed by atoms with Crippen LogP contribution in [-0.4, -0.2) is 18.2 Å². The van der Waals surface area contributed by atoms with Crippen LogP contribution in [0.5, 0.6) is 0 Å². The fourth-order valence-corrected chi connectivity index (χ4v) is 6.11. The zero-order chi connectivity index (χ0) is 24.2. The standard InChI is InChI=1S/C29H36F2N2/c1-8-19-11-20-12-23-22(18(6)33-10-9-29(7,30)31)14-25(32)16(4)26(23)17(5)27(20)24-13-21(15(2)3)28(19)24/h13-14,19-20,28H,2,5,8-12,32H2,1,3-4,6-7H3. The molecule has 3 unspecified atom stereocenters. The molecule has 4 rings (SSSR count).